The van der Waals surface area contributed by atoms with Crippen molar-refractivity contribution < 1.29 is 24.4 Å². The van der Waals surface area contributed by atoms with Crippen LogP contribution in [-0.2, 0) is 9.47 Å². The highest BCUT2D eigenvalue weighted by Gasteiger charge is 2.48. The van der Waals surface area contributed by atoms with Crippen LogP contribution in [0.15, 0.2) is 30.3 Å². The molecule has 3 aromatic rings. The van der Waals surface area contributed by atoms with Gasteiger partial charge in [-0.2, -0.15) is 4.98 Å². The highest BCUT2D eigenvalue weighted by Crippen LogP contribution is 2.32. The van der Waals surface area contributed by atoms with E-state index in [4.69, 9.17) is 30.9 Å². The predicted molar refractivity (Wildman–Crippen MR) is 117 cm³/mol. The molecule has 1 unspecified atom stereocenters. The zero-order chi connectivity index (χ0) is 22.1. The van der Waals surface area contributed by atoms with Gasteiger partial charge in [-0.15, -0.1) is 0 Å². The molecule has 4 heterocycles. The van der Waals surface area contributed by atoms with Crippen LogP contribution in [0.1, 0.15) is 18.4 Å². The molecule has 0 radical (unpaired) electrons. The van der Waals surface area contributed by atoms with Gasteiger partial charge in [-0.05, 0) is 24.6 Å². The molecule has 9 heteroatoms. The van der Waals surface area contributed by atoms with Crippen LogP contribution in [0.25, 0.3) is 22.4 Å². The average molecular weight is 456 g/mol. The summed E-state index contributed by atoms with van der Waals surface area (Å²) in [5.74, 6) is 6.11. The lowest BCUT2D eigenvalue weighted by atomic mass is 10.1. The van der Waals surface area contributed by atoms with Gasteiger partial charge in [0.25, 0.3) is 6.01 Å². The molecular weight excluding hydrogens is 434 g/mol. The minimum absolute atomic E-state index is 0.145. The number of hydrogen-bond donors (Lipinski definition) is 3. The Bertz CT molecular complexity index is 1170. The number of aromatic amines is 1. The highest BCUT2D eigenvalue weighted by molar-refractivity contribution is 6.33. The van der Waals surface area contributed by atoms with Crippen LogP contribution in [-0.4, -0.2) is 69.4 Å². The second kappa shape index (κ2) is 9.06. The normalized spacial score (nSPS) is 24.3. The zero-order valence-corrected chi connectivity index (χ0v) is 17.9. The number of unbranched alkanes of at least 4 members (excludes halogenated alkanes) is 1. The number of rotatable bonds is 5. The number of aliphatic hydroxyl groups excluding tert-OH is 2. The van der Waals surface area contributed by atoms with Crippen LogP contribution in [0.4, 0.5) is 0 Å². The number of imidazole rings is 1. The van der Waals surface area contributed by atoms with E-state index in [2.05, 4.69) is 26.8 Å². The summed E-state index contributed by atoms with van der Waals surface area (Å²) in [5.41, 5.74) is 3.49. The van der Waals surface area contributed by atoms with Gasteiger partial charge in [0.15, 0.2) is 11.8 Å². The van der Waals surface area contributed by atoms with Gasteiger partial charge in [0.2, 0.25) is 0 Å². The minimum atomic E-state index is -0.634. The Labute approximate surface area is 189 Å². The summed E-state index contributed by atoms with van der Waals surface area (Å²) in [6, 6.07) is 9.72. The van der Waals surface area contributed by atoms with E-state index in [1.54, 1.807) is 6.07 Å². The molecule has 0 amide bonds. The van der Waals surface area contributed by atoms with Crippen LogP contribution in [0, 0.1) is 11.8 Å². The van der Waals surface area contributed by atoms with Crippen molar-refractivity contribution in [1.29, 1.82) is 0 Å². The molecule has 32 heavy (non-hydrogen) atoms. The first-order valence-corrected chi connectivity index (χ1v) is 10.8. The summed E-state index contributed by atoms with van der Waals surface area (Å²) < 4.78 is 17.1. The van der Waals surface area contributed by atoms with E-state index in [9.17, 15) is 5.11 Å². The van der Waals surface area contributed by atoms with Crippen molar-refractivity contribution in [3.63, 3.8) is 0 Å². The third kappa shape index (κ3) is 4.18. The fourth-order valence-corrected chi connectivity index (χ4v) is 4.15. The van der Waals surface area contributed by atoms with Crippen LogP contribution in [0.2, 0.25) is 5.02 Å². The summed E-state index contributed by atoms with van der Waals surface area (Å²) >= 11 is 6.49. The number of halogens is 1. The molecule has 0 bridgehead atoms. The number of fused-ring (bicyclic) bond motifs is 2. The van der Waals surface area contributed by atoms with E-state index in [0.717, 1.165) is 11.1 Å². The quantitative estimate of drug-likeness (QED) is 0.400. The standard InChI is InChI=1S/C23H22ClN3O5/c24-15-10-16-22(26-19(15)14-7-5-13(6-8-14)4-2-1-3-9-28)27-23(25-16)32-18-12-31-20-17(29)11-30-21(18)20/h5-8,10,17-18,20-21,28-29H,1,3,9,11-12H2,(H,25,26,27)/t17-,18-,20?,21-/m1/s1. The Morgan fingerprint density at radius 1 is 1.16 bits per heavy atom. The van der Waals surface area contributed by atoms with Gasteiger partial charge in [0.05, 0.1) is 29.4 Å². The molecular formula is C23H22ClN3O5. The second-order valence-corrected chi connectivity index (χ2v) is 8.16. The van der Waals surface area contributed by atoms with Crippen molar-refractivity contribution in [2.75, 3.05) is 19.8 Å². The van der Waals surface area contributed by atoms with Crippen molar-refractivity contribution in [2.24, 2.45) is 0 Å². The van der Waals surface area contributed by atoms with Gasteiger partial charge in [0.1, 0.15) is 18.3 Å². The lowest BCUT2D eigenvalue weighted by Crippen LogP contribution is -2.34. The molecule has 2 aliphatic heterocycles. The number of pyridine rings is 1. The van der Waals surface area contributed by atoms with Crippen molar-refractivity contribution >= 4 is 22.8 Å². The lowest BCUT2D eigenvalue weighted by Gasteiger charge is -2.15. The topological polar surface area (TPSA) is 110 Å². The first-order valence-electron chi connectivity index (χ1n) is 10.5. The van der Waals surface area contributed by atoms with Crippen LogP contribution in [0.5, 0.6) is 6.01 Å². The molecule has 0 saturated carbocycles. The van der Waals surface area contributed by atoms with E-state index in [0.29, 0.717) is 47.3 Å². The Morgan fingerprint density at radius 2 is 1.97 bits per heavy atom. The number of nitrogens with one attached hydrogen (secondary N) is 1. The minimum Gasteiger partial charge on any atom is -0.456 e. The number of ether oxygens (including phenoxy) is 3. The predicted octanol–water partition coefficient (Wildman–Crippen LogP) is 2.31. The van der Waals surface area contributed by atoms with Gasteiger partial charge in [-0.3, -0.25) is 0 Å². The number of hydrogen-bond acceptors (Lipinski definition) is 7. The molecule has 2 fully saturated rings. The maximum absolute atomic E-state index is 9.88. The van der Waals surface area contributed by atoms with E-state index >= 15 is 0 Å². The highest BCUT2D eigenvalue weighted by atomic mass is 35.5. The van der Waals surface area contributed by atoms with E-state index in [1.165, 1.54) is 0 Å². The van der Waals surface area contributed by atoms with E-state index in [-0.39, 0.29) is 31.5 Å². The number of aromatic nitrogens is 3. The van der Waals surface area contributed by atoms with Gasteiger partial charge in [-0.25, -0.2) is 4.98 Å². The van der Waals surface area contributed by atoms with Gasteiger partial charge in [-0.1, -0.05) is 35.6 Å². The van der Waals surface area contributed by atoms with Crippen molar-refractivity contribution in [3.05, 3.63) is 40.9 Å². The van der Waals surface area contributed by atoms with Gasteiger partial charge < -0.3 is 29.4 Å². The maximum Gasteiger partial charge on any atom is 0.296 e. The lowest BCUT2D eigenvalue weighted by molar-refractivity contribution is 0.00706. The molecule has 0 spiro atoms. The van der Waals surface area contributed by atoms with Gasteiger partial charge >= 0.3 is 0 Å². The van der Waals surface area contributed by atoms with Crippen LogP contribution in [0.3, 0.4) is 0 Å². The molecule has 166 valence electrons. The summed E-state index contributed by atoms with van der Waals surface area (Å²) in [6.07, 6.45) is -0.359. The average Bonchev–Trinajstić information content (AvgIpc) is 3.48. The molecule has 4 atom stereocenters. The summed E-state index contributed by atoms with van der Waals surface area (Å²) in [5, 5.41) is 19.2. The third-order valence-electron chi connectivity index (χ3n) is 5.50. The first kappa shape index (κ1) is 21.2. The summed E-state index contributed by atoms with van der Waals surface area (Å²) in [6.45, 7) is 0.702. The fraction of sp³-hybridized carbons (Fsp3) is 0.391. The Morgan fingerprint density at radius 3 is 2.78 bits per heavy atom. The SMILES string of the molecule is OCCCC#Cc1ccc(-c2nc3nc(O[C@@H]4COC5[C@H](O)CO[C@@H]54)[nH]c3cc2Cl)cc1. The van der Waals surface area contributed by atoms with Crippen molar-refractivity contribution in [1.82, 2.24) is 15.0 Å². The van der Waals surface area contributed by atoms with Crippen LogP contribution < -0.4 is 4.74 Å². The maximum atomic E-state index is 9.88. The molecule has 1 aromatic carbocycles. The third-order valence-corrected chi connectivity index (χ3v) is 5.79. The first-order chi connectivity index (χ1) is 15.6. The van der Waals surface area contributed by atoms with Crippen LogP contribution >= 0.6 is 11.6 Å². The molecule has 5 rings (SSSR count). The van der Waals surface area contributed by atoms with Gasteiger partial charge in [0, 0.05) is 24.2 Å². The van der Waals surface area contributed by atoms with Crippen molar-refractivity contribution in [3.8, 4) is 29.1 Å². The van der Waals surface area contributed by atoms with Crippen molar-refractivity contribution in [2.45, 2.75) is 37.3 Å². The van der Waals surface area contributed by atoms with E-state index in [1.807, 2.05) is 24.3 Å². The Balaban J connectivity index is 1.34. The molecule has 2 aromatic heterocycles. The molecule has 8 nitrogen and oxygen atoms in total. The summed E-state index contributed by atoms with van der Waals surface area (Å²) in [7, 11) is 0. The number of benzene rings is 1. The molecule has 3 N–H and O–H groups in total. The smallest absolute Gasteiger partial charge is 0.296 e. The molecule has 2 saturated heterocycles. The number of H-pyrrole nitrogens is 1. The molecule has 0 aliphatic carbocycles. The monoisotopic (exact) mass is 455 g/mol. The zero-order valence-electron chi connectivity index (χ0n) is 17.1. The summed E-state index contributed by atoms with van der Waals surface area (Å²) in [4.78, 5) is 12.1. The Hall–Kier alpha value is -2.67. The number of aliphatic hydroxyl groups is 2. The Kier molecular flexibility index (Phi) is 6.00. The number of nitrogens with zero attached hydrogens (tertiary/aromatic N) is 2. The molecule has 2 aliphatic rings. The fourth-order valence-electron chi connectivity index (χ4n) is 3.89. The largest absolute Gasteiger partial charge is 0.456 e. The van der Waals surface area contributed by atoms with E-state index < -0.39 is 6.10 Å². The second-order valence-electron chi connectivity index (χ2n) is 7.76.